The van der Waals surface area contributed by atoms with Crippen molar-refractivity contribution in [2.45, 2.75) is 12.7 Å². The summed E-state index contributed by atoms with van der Waals surface area (Å²) < 4.78 is 0. The predicted molar refractivity (Wildman–Crippen MR) is 23.0 cm³/mol. The van der Waals surface area contributed by atoms with Gasteiger partial charge in [0, 0.05) is 0 Å². The van der Waals surface area contributed by atoms with Crippen LogP contribution in [0.5, 0.6) is 0 Å². The van der Waals surface area contributed by atoms with E-state index in [9.17, 15) is 0 Å². The minimum absolute atomic E-state index is 1.05. The highest BCUT2D eigenvalue weighted by Gasteiger charge is 2.04. The highest BCUT2D eigenvalue weighted by molar-refractivity contribution is 4.80. The number of aliphatic hydroxyl groups is 2. The van der Waals surface area contributed by atoms with Crippen LogP contribution in [-0.4, -0.2) is 16.0 Å². The zero-order valence-electron chi connectivity index (χ0n) is 3.68. The molecule has 0 unspecified atom stereocenters. The third-order valence-electron chi connectivity index (χ3n) is 0.387. The van der Waals surface area contributed by atoms with Crippen LogP contribution in [0.15, 0.2) is 12.7 Å². The SMILES string of the molecule is C=CC(C)(O)O. The van der Waals surface area contributed by atoms with Crippen LogP contribution < -0.4 is 0 Å². The smallest absolute Gasteiger partial charge is 0.179 e. The minimum Gasteiger partial charge on any atom is -0.363 e. The molecule has 0 saturated carbocycles. The van der Waals surface area contributed by atoms with Crippen molar-refractivity contribution >= 4 is 0 Å². The zero-order valence-corrected chi connectivity index (χ0v) is 3.68. The summed E-state index contributed by atoms with van der Waals surface area (Å²) in [6, 6.07) is 0. The highest BCUT2D eigenvalue weighted by atomic mass is 16.5. The zero-order chi connectivity index (χ0) is 5.21. The summed E-state index contributed by atoms with van der Waals surface area (Å²) in [5, 5.41) is 16.5. The van der Waals surface area contributed by atoms with Gasteiger partial charge in [0.25, 0.3) is 0 Å². The van der Waals surface area contributed by atoms with Gasteiger partial charge >= 0.3 is 0 Å². The number of hydrogen-bond acceptors (Lipinski definition) is 2. The maximum absolute atomic E-state index is 8.26. The lowest BCUT2D eigenvalue weighted by Crippen LogP contribution is -2.17. The number of hydrogen-bond donors (Lipinski definition) is 2. The molecule has 0 aliphatic carbocycles. The van der Waals surface area contributed by atoms with Crippen LogP contribution in [-0.2, 0) is 0 Å². The molecule has 0 spiro atoms. The van der Waals surface area contributed by atoms with E-state index >= 15 is 0 Å². The molecule has 0 aromatic heterocycles. The van der Waals surface area contributed by atoms with Crippen molar-refractivity contribution in [3.05, 3.63) is 12.7 Å². The lowest BCUT2D eigenvalue weighted by Gasteiger charge is -2.05. The predicted octanol–water partition coefficient (Wildman–Crippen LogP) is -0.127. The van der Waals surface area contributed by atoms with Crippen molar-refractivity contribution in [1.82, 2.24) is 0 Å². The molecule has 2 N–H and O–H groups in total. The molecule has 36 valence electrons. The van der Waals surface area contributed by atoms with E-state index in [1.807, 2.05) is 0 Å². The molecule has 0 heterocycles. The van der Waals surface area contributed by atoms with Crippen molar-refractivity contribution in [1.29, 1.82) is 0 Å². The molecule has 0 aromatic carbocycles. The van der Waals surface area contributed by atoms with Gasteiger partial charge in [-0.25, -0.2) is 0 Å². The Hall–Kier alpha value is -0.340. The fraction of sp³-hybridized carbons (Fsp3) is 0.500. The second kappa shape index (κ2) is 1.41. The first-order valence-electron chi connectivity index (χ1n) is 1.64. The van der Waals surface area contributed by atoms with E-state index in [-0.39, 0.29) is 0 Å². The summed E-state index contributed by atoms with van der Waals surface area (Å²) in [6.07, 6.45) is 1.05. The minimum atomic E-state index is -1.69. The van der Waals surface area contributed by atoms with Crippen LogP contribution in [0.2, 0.25) is 0 Å². The first-order chi connectivity index (χ1) is 2.56. The molecule has 6 heavy (non-hydrogen) atoms. The van der Waals surface area contributed by atoms with E-state index in [0.29, 0.717) is 0 Å². The molecule has 0 radical (unpaired) electrons. The van der Waals surface area contributed by atoms with Crippen molar-refractivity contribution < 1.29 is 10.2 Å². The number of rotatable bonds is 1. The molecular weight excluding hydrogens is 80.0 g/mol. The second-order valence-corrected chi connectivity index (χ2v) is 1.30. The van der Waals surface area contributed by atoms with E-state index in [1.54, 1.807) is 0 Å². The Morgan fingerprint density at radius 2 is 1.83 bits per heavy atom. The van der Waals surface area contributed by atoms with E-state index in [1.165, 1.54) is 6.92 Å². The topological polar surface area (TPSA) is 40.5 Å². The Bertz CT molecular complexity index is 51.1. The molecule has 0 aromatic rings. The maximum Gasteiger partial charge on any atom is 0.179 e. The summed E-state index contributed by atoms with van der Waals surface area (Å²) in [5.74, 6) is -1.69. The Balaban J connectivity index is 3.45. The summed E-state index contributed by atoms with van der Waals surface area (Å²) in [7, 11) is 0. The normalized spacial score (nSPS) is 11.2. The summed E-state index contributed by atoms with van der Waals surface area (Å²) in [5.41, 5.74) is 0. The average Bonchev–Trinajstić information content (AvgIpc) is 1.35. The Kier molecular flexibility index (Phi) is 1.33. The lowest BCUT2D eigenvalue weighted by atomic mass is 10.3. The van der Waals surface area contributed by atoms with Crippen molar-refractivity contribution in [2.24, 2.45) is 0 Å². The molecule has 2 nitrogen and oxygen atoms in total. The van der Waals surface area contributed by atoms with Gasteiger partial charge < -0.3 is 10.2 Å². The molecule has 0 atom stereocenters. The fourth-order valence-corrected chi connectivity index (χ4v) is 0. The van der Waals surface area contributed by atoms with Crippen LogP contribution in [0.1, 0.15) is 6.92 Å². The highest BCUT2D eigenvalue weighted by Crippen LogP contribution is 1.93. The molecule has 2 heteroatoms. The van der Waals surface area contributed by atoms with Gasteiger partial charge in [-0.1, -0.05) is 6.58 Å². The standard InChI is InChI=1S/C4H8O2/c1-3-4(2,5)6/h3,5-6H,1H2,2H3. The summed E-state index contributed by atoms with van der Waals surface area (Å²) >= 11 is 0. The summed E-state index contributed by atoms with van der Waals surface area (Å²) in [4.78, 5) is 0. The van der Waals surface area contributed by atoms with E-state index in [2.05, 4.69) is 6.58 Å². The van der Waals surface area contributed by atoms with Gasteiger partial charge in [0.1, 0.15) is 0 Å². The van der Waals surface area contributed by atoms with Gasteiger partial charge in [-0.2, -0.15) is 0 Å². The molecule has 0 fully saturated rings. The fourth-order valence-electron chi connectivity index (χ4n) is 0. The molecule has 0 aliphatic rings. The quantitative estimate of drug-likeness (QED) is 0.346. The Morgan fingerprint density at radius 3 is 1.83 bits per heavy atom. The maximum atomic E-state index is 8.26. The first-order valence-corrected chi connectivity index (χ1v) is 1.64. The monoisotopic (exact) mass is 88.1 g/mol. The molecule has 0 bridgehead atoms. The van der Waals surface area contributed by atoms with Gasteiger partial charge in [-0.15, -0.1) is 0 Å². The average molecular weight is 88.1 g/mol. The van der Waals surface area contributed by atoms with Crippen LogP contribution >= 0.6 is 0 Å². The molecule has 0 rings (SSSR count). The van der Waals surface area contributed by atoms with E-state index in [4.69, 9.17) is 10.2 Å². The van der Waals surface area contributed by atoms with Crippen molar-refractivity contribution in [2.75, 3.05) is 0 Å². The third-order valence-corrected chi connectivity index (χ3v) is 0.387. The van der Waals surface area contributed by atoms with Gasteiger partial charge in [-0.3, -0.25) is 0 Å². The van der Waals surface area contributed by atoms with Gasteiger partial charge in [-0.05, 0) is 13.0 Å². The third kappa shape index (κ3) is 3.66. The lowest BCUT2D eigenvalue weighted by molar-refractivity contribution is -0.100. The van der Waals surface area contributed by atoms with Crippen LogP contribution in [0.25, 0.3) is 0 Å². The van der Waals surface area contributed by atoms with Crippen LogP contribution in [0.3, 0.4) is 0 Å². The largest absolute Gasteiger partial charge is 0.363 e. The Morgan fingerprint density at radius 1 is 1.67 bits per heavy atom. The molecule has 0 aliphatic heterocycles. The van der Waals surface area contributed by atoms with Gasteiger partial charge in [0.05, 0.1) is 0 Å². The van der Waals surface area contributed by atoms with Crippen LogP contribution in [0.4, 0.5) is 0 Å². The van der Waals surface area contributed by atoms with Gasteiger partial charge in [0.15, 0.2) is 5.79 Å². The van der Waals surface area contributed by atoms with E-state index < -0.39 is 5.79 Å². The van der Waals surface area contributed by atoms with Crippen molar-refractivity contribution in [3.63, 3.8) is 0 Å². The molecule has 0 saturated heterocycles. The molecular formula is C4H8O2. The first kappa shape index (κ1) is 5.66. The van der Waals surface area contributed by atoms with Crippen LogP contribution in [0, 0.1) is 0 Å². The summed E-state index contributed by atoms with van der Waals surface area (Å²) in [6.45, 7) is 4.37. The van der Waals surface area contributed by atoms with E-state index in [0.717, 1.165) is 6.08 Å². The second-order valence-electron chi connectivity index (χ2n) is 1.30. The molecule has 0 amide bonds. The van der Waals surface area contributed by atoms with Crippen molar-refractivity contribution in [3.8, 4) is 0 Å². The van der Waals surface area contributed by atoms with Gasteiger partial charge in [0.2, 0.25) is 0 Å². The Labute approximate surface area is 36.7 Å².